The van der Waals surface area contributed by atoms with Crippen molar-refractivity contribution >= 4 is 0 Å². The van der Waals surface area contributed by atoms with Crippen molar-refractivity contribution in [3.05, 3.63) is 29.8 Å². The number of phenolic OH excluding ortho intramolecular Hbond substituents is 1. The van der Waals surface area contributed by atoms with Crippen LogP contribution in [-0.2, 0) is 0 Å². The first-order valence-electron chi connectivity index (χ1n) is 4.60. The Morgan fingerprint density at radius 2 is 2.33 bits per heavy atom. The minimum atomic E-state index is 0.397. The minimum absolute atomic E-state index is 0.397. The molecule has 2 atom stereocenters. The highest BCUT2D eigenvalue weighted by atomic mass is 16.3. The summed E-state index contributed by atoms with van der Waals surface area (Å²) in [6, 6.07) is 7.66. The normalized spacial score (nSPS) is 27.1. The summed E-state index contributed by atoms with van der Waals surface area (Å²) in [5.74, 6) is 1.99. The molecule has 0 heterocycles. The third-order valence-corrected chi connectivity index (χ3v) is 2.75. The third kappa shape index (κ3) is 1.31. The van der Waals surface area contributed by atoms with Crippen molar-refractivity contribution in [2.75, 3.05) is 0 Å². The summed E-state index contributed by atoms with van der Waals surface area (Å²) < 4.78 is 0. The van der Waals surface area contributed by atoms with Crippen molar-refractivity contribution in [2.24, 2.45) is 5.92 Å². The van der Waals surface area contributed by atoms with Gasteiger partial charge in [0.1, 0.15) is 5.75 Å². The topological polar surface area (TPSA) is 20.2 Å². The van der Waals surface area contributed by atoms with Gasteiger partial charge in [0.25, 0.3) is 0 Å². The van der Waals surface area contributed by atoms with E-state index in [4.69, 9.17) is 0 Å². The highest BCUT2D eigenvalue weighted by Crippen LogP contribution is 2.49. The Hall–Kier alpha value is -0.980. The predicted molar refractivity (Wildman–Crippen MR) is 49.2 cm³/mol. The van der Waals surface area contributed by atoms with Crippen LogP contribution in [0.5, 0.6) is 5.75 Å². The molecule has 0 bridgehead atoms. The van der Waals surface area contributed by atoms with E-state index in [2.05, 4.69) is 13.0 Å². The molecule has 1 N–H and O–H groups in total. The van der Waals surface area contributed by atoms with Crippen molar-refractivity contribution in [2.45, 2.75) is 25.7 Å². The molecular weight excluding hydrogens is 148 g/mol. The molecule has 0 aliphatic heterocycles. The van der Waals surface area contributed by atoms with E-state index in [0.29, 0.717) is 5.75 Å². The van der Waals surface area contributed by atoms with E-state index in [1.165, 1.54) is 18.4 Å². The van der Waals surface area contributed by atoms with E-state index >= 15 is 0 Å². The highest BCUT2D eigenvalue weighted by Gasteiger charge is 2.36. The van der Waals surface area contributed by atoms with Crippen LogP contribution in [0.2, 0.25) is 0 Å². The second-order valence-corrected chi connectivity index (χ2v) is 3.61. The van der Waals surface area contributed by atoms with Gasteiger partial charge in [-0.05, 0) is 36.0 Å². The largest absolute Gasteiger partial charge is 0.508 e. The highest BCUT2D eigenvalue weighted by molar-refractivity contribution is 5.32. The van der Waals surface area contributed by atoms with Crippen LogP contribution in [0, 0.1) is 5.92 Å². The van der Waals surface area contributed by atoms with Crippen molar-refractivity contribution in [1.29, 1.82) is 0 Å². The molecule has 2 rings (SSSR count). The van der Waals surface area contributed by atoms with Gasteiger partial charge in [0.2, 0.25) is 0 Å². The number of aromatic hydroxyl groups is 1. The van der Waals surface area contributed by atoms with Crippen molar-refractivity contribution in [3.63, 3.8) is 0 Å². The first-order valence-corrected chi connectivity index (χ1v) is 4.60. The Balaban J connectivity index is 2.14. The molecule has 1 aliphatic rings. The third-order valence-electron chi connectivity index (χ3n) is 2.75. The minimum Gasteiger partial charge on any atom is -0.508 e. The van der Waals surface area contributed by atoms with Gasteiger partial charge in [-0.25, -0.2) is 0 Å². The van der Waals surface area contributed by atoms with E-state index in [1.54, 1.807) is 6.07 Å². The Labute approximate surface area is 73.0 Å². The predicted octanol–water partition coefficient (Wildman–Crippen LogP) is 2.91. The van der Waals surface area contributed by atoms with E-state index in [9.17, 15) is 5.11 Å². The molecule has 1 heteroatoms. The standard InChI is InChI=1S/C11H14O/c1-2-8-7-11(8)9-4-3-5-10(12)6-9/h3-6,8,11-12H,2,7H2,1H3/t8-,11-/m0/s1. The number of rotatable bonds is 2. The van der Waals surface area contributed by atoms with Crippen LogP contribution in [0.15, 0.2) is 24.3 Å². The van der Waals surface area contributed by atoms with Crippen molar-refractivity contribution in [1.82, 2.24) is 0 Å². The maximum Gasteiger partial charge on any atom is 0.115 e. The van der Waals surface area contributed by atoms with Gasteiger partial charge in [0, 0.05) is 0 Å². The lowest BCUT2D eigenvalue weighted by atomic mass is 10.1. The molecule has 1 aromatic carbocycles. The number of phenols is 1. The van der Waals surface area contributed by atoms with Gasteiger partial charge < -0.3 is 5.11 Å². The maximum atomic E-state index is 9.25. The average Bonchev–Trinajstić information content (AvgIpc) is 2.83. The van der Waals surface area contributed by atoms with Crippen LogP contribution in [0.1, 0.15) is 31.2 Å². The summed E-state index contributed by atoms with van der Waals surface area (Å²) in [5, 5.41) is 9.25. The van der Waals surface area contributed by atoms with Crippen LogP contribution in [0.4, 0.5) is 0 Å². The molecular formula is C11H14O. The average molecular weight is 162 g/mol. The van der Waals surface area contributed by atoms with Gasteiger partial charge in [-0.2, -0.15) is 0 Å². The molecule has 1 nitrogen and oxygen atoms in total. The van der Waals surface area contributed by atoms with Crippen molar-refractivity contribution < 1.29 is 5.11 Å². The maximum absolute atomic E-state index is 9.25. The second-order valence-electron chi connectivity index (χ2n) is 3.61. The van der Waals surface area contributed by atoms with Crippen LogP contribution in [0.25, 0.3) is 0 Å². The number of benzene rings is 1. The summed E-state index contributed by atoms with van der Waals surface area (Å²) in [6.45, 7) is 2.23. The first-order chi connectivity index (χ1) is 5.81. The van der Waals surface area contributed by atoms with E-state index < -0.39 is 0 Å². The van der Waals surface area contributed by atoms with Gasteiger partial charge in [-0.3, -0.25) is 0 Å². The molecule has 0 radical (unpaired) electrons. The summed E-state index contributed by atoms with van der Waals surface area (Å²) in [7, 11) is 0. The van der Waals surface area contributed by atoms with Crippen LogP contribution in [0.3, 0.4) is 0 Å². The molecule has 1 fully saturated rings. The number of hydrogen-bond acceptors (Lipinski definition) is 1. The molecule has 12 heavy (non-hydrogen) atoms. The fraction of sp³-hybridized carbons (Fsp3) is 0.455. The molecule has 0 amide bonds. The second kappa shape index (κ2) is 2.81. The molecule has 0 aromatic heterocycles. The van der Waals surface area contributed by atoms with Gasteiger partial charge >= 0.3 is 0 Å². The molecule has 1 aliphatic carbocycles. The summed E-state index contributed by atoms with van der Waals surface area (Å²) in [4.78, 5) is 0. The van der Waals surface area contributed by atoms with Gasteiger partial charge in [0.15, 0.2) is 0 Å². The molecule has 1 aromatic rings. The molecule has 0 saturated heterocycles. The van der Waals surface area contributed by atoms with E-state index in [-0.39, 0.29) is 0 Å². The SMILES string of the molecule is CC[C@H]1C[C@@H]1c1cccc(O)c1. The number of hydrogen-bond donors (Lipinski definition) is 1. The fourth-order valence-electron chi connectivity index (χ4n) is 1.86. The zero-order valence-corrected chi connectivity index (χ0v) is 7.33. The molecule has 64 valence electrons. The zero-order chi connectivity index (χ0) is 8.55. The zero-order valence-electron chi connectivity index (χ0n) is 7.33. The monoisotopic (exact) mass is 162 g/mol. The quantitative estimate of drug-likeness (QED) is 0.709. The summed E-state index contributed by atoms with van der Waals surface area (Å²) in [6.07, 6.45) is 2.57. The fourth-order valence-corrected chi connectivity index (χ4v) is 1.86. The molecule has 0 unspecified atom stereocenters. The lowest BCUT2D eigenvalue weighted by molar-refractivity contribution is 0.474. The van der Waals surface area contributed by atoms with Gasteiger partial charge in [0.05, 0.1) is 0 Å². The van der Waals surface area contributed by atoms with Crippen LogP contribution < -0.4 is 0 Å². The van der Waals surface area contributed by atoms with E-state index in [0.717, 1.165) is 11.8 Å². The lowest BCUT2D eigenvalue weighted by Crippen LogP contribution is -1.81. The van der Waals surface area contributed by atoms with Gasteiger partial charge in [-0.15, -0.1) is 0 Å². The van der Waals surface area contributed by atoms with Crippen molar-refractivity contribution in [3.8, 4) is 5.75 Å². The molecule has 1 saturated carbocycles. The Morgan fingerprint density at radius 1 is 1.50 bits per heavy atom. The first kappa shape index (κ1) is 7.66. The smallest absolute Gasteiger partial charge is 0.115 e. The lowest BCUT2D eigenvalue weighted by Gasteiger charge is -1.99. The van der Waals surface area contributed by atoms with E-state index in [1.807, 2.05) is 12.1 Å². The Kier molecular flexibility index (Phi) is 1.80. The Morgan fingerprint density at radius 3 is 2.92 bits per heavy atom. The van der Waals surface area contributed by atoms with Gasteiger partial charge in [-0.1, -0.05) is 25.5 Å². The van der Waals surface area contributed by atoms with Crippen LogP contribution >= 0.6 is 0 Å². The Bertz CT molecular complexity index is 280. The summed E-state index contributed by atoms with van der Waals surface area (Å²) in [5.41, 5.74) is 1.31. The summed E-state index contributed by atoms with van der Waals surface area (Å²) >= 11 is 0. The van der Waals surface area contributed by atoms with Crippen LogP contribution in [-0.4, -0.2) is 5.11 Å². The molecule has 0 spiro atoms.